The van der Waals surface area contributed by atoms with Gasteiger partial charge in [0, 0.05) is 11.6 Å². The Balaban J connectivity index is 1.84. The minimum atomic E-state index is -1.06. The fourth-order valence-electron chi connectivity index (χ4n) is 2.06. The number of hydrogen-bond acceptors (Lipinski definition) is 4. The summed E-state index contributed by atoms with van der Waals surface area (Å²) in [7, 11) is 0. The lowest BCUT2D eigenvalue weighted by Gasteiger charge is -2.32. The van der Waals surface area contributed by atoms with Crippen LogP contribution in [0.2, 0.25) is 5.02 Å². The number of ether oxygens (including phenoxy) is 2. The predicted octanol–water partition coefficient (Wildman–Crippen LogP) is 1.42. The summed E-state index contributed by atoms with van der Waals surface area (Å²) in [5, 5.41) is 9.63. The van der Waals surface area contributed by atoms with Gasteiger partial charge >= 0.3 is 5.97 Å². The van der Waals surface area contributed by atoms with Crippen molar-refractivity contribution in [2.24, 2.45) is 0 Å². The molecule has 0 unspecified atom stereocenters. The van der Waals surface area contributed by atoms with E-state index in [2.05, 4.69) is 0 Å². The van der Waals surface area contributed by atoms with Gasteiger partial charge in [-0.1, -0.05) is 17.7 Å². The third kappa shape index (κ3) is 4.34. The minimum absolute atomic E-state index is 0.0240. The molecule has 0 radical (unpaired) electrons. The first-order chi connectivity index (χ1) is 10.1. The Morgan fingerprint density at radius 1 is 1.48 bits per heavy atom. The van der Waals surface area contributed by atoms with Crippen molar-refractivity contribution in [3.63, 3.8) is 0 Å². The van der Waals surface area contributed by atoms with Crippen molar-refractivity contribution in [3.05, 3.63) is 29.3 Å². The molecule has 0 aliphatic carbocycles. The lowest BCUT2D eigenvalue weighted by atomic mass is 10.2. The van der Waals surface area contributed by atoms with E-state index in [1.807, 2.05) is 0 Å². The molecular weight excluding hydrogens is 298 g/mol. The third-order valence-corrected chi connectivity index (χ3v) is 3.35. The summed E-state index contributed by atoms with van der Waals surface area (Å²) in [4.78, 5) is 24.5. The van der Waals surface area contributed by atoms with Crippen LogP contribution in [0.3, 0.4) is 0 Å². The first kappa shape index (κ1) is 15.6. The molecule has 1 saturated heterocycles. The average Bonchev–Trinajstić information content (AvgIpc) is 2.47. The highest BCUT2D eigenvalue weighted by atomic mass is 35.5. The van der Waals surface area contributed by atoms with Crippen LogP contribution in [-0.2, 0) is 14.3 Å². The fourth-order valence-corrected chi connectivity index (χ4v) is 2.24. The molecule has 0 aromatic heterocycles. The number of carbonyl (C=O) groups excluding carboxylic acids is 1. The van der Waals surface area contributed by atoms with Crippen molar-refractivity contribution in [2.45, 2.75) is 12.5 Å². The molecule has 1 fully saturated rings. The number of carboxylic acid groups (broad SMARTS) is 1. The first-order valence-corrected chi connectivity index (χ1v) is 6.94. The van der Waals surface area contributed by atoms with Crippen LogP contribution in [0.4, 0.5) is 0 Å². The molecule has 114 valence electrons. The normalized spacial score (nSPS) is 18.3. The number of amides is 1. The van der Waals surface area contributed by atoms with Crippen LogP contribution in [0.1, 0.15) is 6.42 Å². The lowest BCUT2D eigenvalue weighted by molar-refractivity contribution is -0.158. The number of halogens is 1. The van der Waals surface area contributed by atoms with Gasteiger partial charge < -0.3 is 19.5 Å². The Hall–Kier alpha value is -1.79. The molecule has 2 rings (SSSR count). The van der Waals surface area contributed by atoms with Gasteiger partial charge in [0.05, 0.1) is 26.2 Å². The summed E-state index contributed by atoms with van der Waals surface area (Å²) in [5.74, 6) is -0.737. The van der Waals surface area contributed by atoms with Gasteiger partial charge in [0.2, 0.25) is 5.91 Å². The van der Waals surface area contributed by atoms with E-state index in [1.54, 1.807) is 24.3 Å². The van der Waals surface area contributed by atoms with Crippen molar-refractivity contribution < 1.29 is 24.2 Å². The molecule has 1 aromatic carbocycles. The van der Waals surface area contributed by atoms with E-state index in [-0.39, 0.29) is 32.1 Å². The van der Waals surface area contributed by atoms with Crippen LogP contribution in [-0.4, -0.2) is 54.3 Å². The minimum Gasteiger partial charge on any atom is -0.493 e. The molecule has 1 atom stereocenters. The molecule has 21 heavy (non-hydrogen) atoms. The zero-order valence-electron chi connectivity index (χ0n) is 11.3. The molecule has 1 aliphatic heterocycles. The van der Waals surface area contributed by atoms with Crippen LogP contribution in [0, 0.1) is 0 Å². The van der Waals surface area contributed by atoms with Gasteiger partial charge in [-0.3, -0.25) is 4.79 Å². The number of carboxylic acids is 1. The molecular formula is C14H16ClNO5. The second-order valence-corrected chi connectivity index (χ2v) is 5.01. The van der Waals surface area contributed by atoms with Crippen LogP contribution in [0.25, 0.3) is 0 Å². The van der Waals surface area contributed by atoms with Crippen molar-refractivity contribution >= 4 is 23.5 Å². The number of morpholine rings is 1. The number of rotatable bonds is 5. The molecule has 1 N–H and O–H groups in total. The van der Waals surface area contributed by atoms with E-state index < -0.39 is 12.0 Å². The fraction of sp³-hybridized carbons (Fsp3) is 0.429. The van der Waals surface area contributed by atoms with Gasteiger partial charge in [-0.2, -0.15) is 0 Å². The molecule has 1 heterocycles. The van der Waals surface area contributed by atoms with Gasteiger partial charge in [0.15, 0.2) is 6.04 Å². The number of nitrogens with zero attached hydrogens (tertiary/aromatic N) is 1. The zero-order valence-corrected chi connectivity index (χ0v) is 12.1. The molecule has 0 spiro atoms. The summed E-state index contributed by atoms with van der Waals surface area (Å²) >= 11 is 5.83. The average molecular weight is 314 g/mol. The van der Waals surface area contributed by atoms with Crippen LogP contribution < -0.4 is 4.74 Å². The maximum Gasteiger partial charge on any atom is 0.328 e. The van der Waals surface area contributed by atoms with Gasteiger partial charge in [-0.25, -0.2) is 4.79 Å². The maximum absolute atomic E-state index is 12.1. The van der Waals surface area contributed by atoms with E-state index >= 15 is 0 Å². The summed E-state index contributed by atoms with van der Waals surface area (Å²) in [6.45, 7) is 0.830. The molecule has 1 aliphatic rings. The smallest absolute Gasteiger partial charge is 0.328 e. The topological polar surface area (TPSA) is 76.1 Å². The Morgan fingerprint density at radius 3 is 3.00 bits per heavy atom. The molecule has 1 aromatic rings. The van der Waals surface area contributed by atoms with Crippen LogP contribution in [0.15, 0.2) is 24.3 Å². The highest BCUT2D eigenvalue weighted by Gasteiger charge is 2.32. The SMILES string of the molecule is O=C(O)[C@H]1COCCN1C(=O)CCOc1cccc(Cl)c1. The maximum atomic E-state index is 12.1. The van der Waals surface area contributed by atoms with E-state index in [4.69, 9.17) is 26.2 Å². The zero-order chi connectivity index (χ0) is 15.2. The number of aliphatic carboxylic acids is 1. The Morgan fingerprint density at radius 2 is 2.29 bits per heavy atom. The Kier molecular flexibility index (Phi) is 5.41. The quantitative estimate of drug-likeness (QED) is 0.889. The molecule has 0 bridgehead atoms. The van der Waals surface area contributed by atoms with E-state index in [0.717, 1.165) is 0 Å². The molecule has 7 heteroatoms. The van der Waals surface area contributed by atoms with Gasteiger partial charge in [0.1, 0.15) is 5.75 Å². The second kappa shape index (κ2) is 7.28. The van der Waals surface area contributed by atoms with Crippen LogP contribution in [0.5, 0.6) is 5.75 Å². The van der Waals surface area contributed by atoms with E-state index in [9.17, 15) is 9.59 Å². The van der Waals surface area contributed by atoms with Gasteiger partial charge in [0.25, 0.3) is 0 Å². The summed E-state index contributed by atoms with van der Waals surface area (Å²) < 4.78 is 10.5. The summed E-state index contributed by atoms with van der Waals surface area (Å²) in [5.41, 5.74) is 0. The highest BCUT2D eigenvalue weighted by molar-refractivity contribution is 6.30. The number of carbonyl (C=O) groups is 2. The number of benzene rings is 1. The van der Waals surface area contributed by atoms with Crippen molar-refractivity contribution in [2.75, 3.05) is 26.4 Å². The van der Waals surface area contributed by atoms with Gasteiger partial charge in [-0.15, -0.1) is 0 Å². The Labute approximate surface area is 127 Å². The predicted molar refractivity (Wildman–Crippen MR) is 75.5 cm³/mol. The first-order valence-electron chi connectivity index (χ1n) is 6.56. The largest absolute Gasteiger partial charge is 0.493 e. The summed E-state index contributed by atoms with van der Waals surface area (Å²) in [6, 6.07) is 5.95. The van der Waals surface area contributed by atoms with Gasteiger partial charge in [-0.05, 0) is 18.2 Å². The molecule has 0 saturated carbocycles. The number of hydrogen-bond donors (Lipinski definition) is 1. The lowest BCUT2D eigenvalue weighted by Crippen LogP contribution is -2.52. The van der Waals surface area contributed by atoms with E-state index in [0.29, 0.717) is 17.4 Å². The Bertz CT molecular complexity index is 522. The monoisotopic (exact) mass is 313 g/mol. The highest BCUT2D eigenvalue weighted by Crippen LogP contribution is 2.17. The van der Waals surface area contributed by atoms with Crippen molar-refractivity contribution in [1.82, 2.24) is 4.90 Å². The summed E-state index contributed by atoms with van der Waals surface area (Å²) in [6.07, 6.45) is 0.107. The standard InChI is InChI=1S/C14H16ClNO5/c15-10-2-1-3-11(8-10)21-6-4-13(17)16-5-7-20-9-12(16)14(18)19/h1-3,8,12H,4-7,9H2,(H,18,19)/t12-/m1/s1. The molecule has 1 amide bonds. The van der Waals surface area contributed by atoms with Crippen LogP contribution >= 0.6 is 11.6 Å². The third-order valence-electron chi connectivity index (χ3n) is 3.11. The van der Waals surface area contributed by atoms with E-state index in [1.165, 1.54) is 4.90 Å². The second-order valence-electron chi connectivity index (χ2n) is 4.57. The van der Waals surface area contributed by atoms with Crippen molar-refractivity contribution in [3.8, 4) is 5.75 Å². The van der Waals surface area contributed by atoms with Crippen molar-refractivity contribution in [1.29, 1.82) is 0 Å². The molecule has 6 nitrogen and oxygen atoms in total.